The topological polar surface area (TPSA) is 60.0 Å². The molecule has 5 aromatic rings. The fraction of sp³-hybridized carbons (Fsp3) is 0.111. The van der Waals surface area contributed by atoms with Crippen LogP contribution in [-0.2, 0) is 0 Å². The second-order valence-electron chi connectivity index (χ2n) is 7.57. The number of benzene rings is 3. The number of nitrogens with zero attached hydrogens (tertiary/aromatic N) is 3. The van der Waals surface area contributed by atoms with Gasteiger partial charge in [-0.3, -0.25) is 0 Å². The Bertz CT molecular complexity index is 1580. The Morgan fingerprint density at radius 1 is 1.03 bits per heavy atom. The zero-order valence-corrected chi connectivity index (χ0v) is 22.0. The number of hydrogen-bond acceptors (Lipinski definition) is 3. The van der Waals surface area contributed by atoms with E-state index in [1.165, 1.54) is 23.9 Å². The van der Waals surface area contributed by atoms with Gasteiger partial charge in [0, 0.05) is 25.9 Å². The third-order valence-corrected chi connectivity index (χ3v) is 7.14. The first-order valence-electron chi connectivity index (χ1n) is 11.1. The molecule has 0 bridgehead atoms. The Labute approximate surface area is 222 Å². The van der Waals surface area contributed by atoms with Crippen molar-refractivity contribution in [2.24, 2.45) is 0 Å². The summed E-state index contributed by atoms with van der Waals surface area (Å²) in [4.78, 5) is 12.9. The molecule has 0 saturated heterocycles. The summed E-state index contributed by atoms with van der Waals surface area (Å²) in [6.45, 7) is 5.88. The van der Waals surface area contributed by atoms with Gasteiger partial charge in [0.1, 0.15) is 0 Å². The lowest BCUT2D eigenvalue weighted by Gasteiger charge is -2.07. The molecule has 0 radical (unpaired) electrons. The van der Waals surface area contributed by atoms with E-state index in [4.69, 9.17) is 23.2 Å². The lowest BCUT2D eigenvalue weighted by Crippen LogP contribution is -1.98. The van der Waals surface area contributed by atoms with E-state index in [-0.39, 0.29) is 10.6 Å². The number of hydrogen-bond donors (Lipinski definition) is 1. The lowest BCUT2D eigenvalue weighted by atomic mass is 10.2. The molecule has 0 amide bonds. The first-order chi connectivity index (χ1) is 17.3. The maximum atomic E-state index is 15.3. The van der Waals surface area contributed by atoms with E-state index in [0.29, 0.717) is 21.6 Å². The van der Waals surface area contributed by atoms with Gasteiger partial charge in [-0.15, -0.1) is 0 Å². The van der Waals surface area contributed by atoms with Gasteiger partial charge in [0.05, 0.1) is 39.9 Å². The predicted molar refractivity (Wildman–Crippen MR) is 144 cm³/mol. The normalized spacial score (nSPS) is 10.8. The highest BCUT2D eigenvalue weighted by atomic mass is 35.5. The molecular formula is C27H22Cl2FN3O2S. The van der Waals surface area contributed by atoms with Gasteiger partial charge in [-0.25, -0.2) is 13.9 Å². The molecule has 0 aliphatic heterocycles. The van der Waals surface area contributed by atoms with Crippen LogP contribution >= 0.6 is 35.0 Å². The number of halogens is 3. The van der Waals surface area contributed by atoms with Crippen LogP contribution in [0.3, 0.4) is 0 Å². The minimum absolute atomic E-state index is 0.0120. The number of carboxylic acids is 1. The van der Waals surface area contributed by atoms with E-state index >= 15 is 4.39 Å². The third kappa shape index (κ3) is 4.87. The summed E-state index contributed by atoms with van der Waals surface area (Å²) in [5, 5.41) is 15.0. The van der Waals surface area contributed by atoms with Crippen LogP contribution in [0.15, 0.2) is 82.8 Å². The van der Waals surface area contributed by atoms with Crippen molar-refractivity contribution < 1.29 is 14.3 Å². The maximum Gasteiger partial charge on any atom is 0.335 e. The van der Waals surface area contributed by atoms with Crippen LogP contribution in [0.25, 0.3) is 22.3 Å². The number of carbonyl (C=O) groups is 1. The molecule has 3 aromatic carbocycles. The number of carboxylic acid groups (broad SMARTS) is 1. The van der Waals surface area contributed by atoms with E-state index in [1.54, 1.807) is 52.0 Å². The molecular weight excluding hydrogens is 520 g/mol. The van der Waals surface area contributed by atoms with Crippen molar-refractivity contribution in [3.8, 4) is 11.4 Å². The smallest absolute Gasteiger partial charge is 0.335 e. The Kier molecular flexibility index (Phi) is 7.73. The molecule has 0 fully saturated rings. The van der Waals surface area contributed by atoms with Crippen LogP contribution in [0.4, 0.5) is 4.39 Å². The molecule has 0 saturated carbocycles. The molecule has 2 aromatic heterocycles. The minimum atomic E-state index is -1.01. The average molecular weight is 542 g/mol. The highest BCUT2D eigenvalue weighted by molar-refractivity contribution is 7.99. The van der Waals surface area contributed by atoms with Crippen molar-refractivity contribution in [3.63, 3.8) is 0 Å². The zero-order chi connectivity index (χ0) is 26.0. The fourth-order valence-electron chi connectivity index (χ4n) is 3.86. The van der Waals surface area contributed by atoms with Crippen molar-refractivity contribution in [1.82, 2.24) is 14.3 Å². The van der Waals surface area contributed by atoms with Crippen LogP contribution in [0, 0.1) is 12.7 Å². The molecule has 0 atom stereocenters. The van der Waals surface area contributed by atoms with Gasteiger partial charge in [-0.05, 0) is 55.5 Å². The molecule has 2 heterocycles. The molecule has 36 heavy (non-hydrogen) atoms. The number of rotatable bonds is 5. The average Bonchev–Trinajstić information content (AvgIpc) is 3.46. The Hall–Kier alpha value is -3.26. The zero-order valence-electron chi connectivity index (χ0n) is 19.7. The summed E-state index contributed by atoms with van der Waals surface area (Å²) in [6.07, 6.45) is 3.44. The van der Waals surface area contributed by atoms with Gasteiger partial charge in [-0.1, -0.05) is 60.9 Å². The standard InChI is InChI=1S/C25H16Cl2FN3O2S.C2H6/c1-14-24(34-19-7-2-4-15(10-19)25(32)33)20-8-9-21(27)22(28)23(20)31(14)18-12-29-30(13-18)17-6-3-5-16(26)11-17;1-2/h2-13H,1H3,(H,32,33);1-2H3. The van der Waals surface area contributed by atoms with Crippen LogP contribution in [0.5, 0.6) is 0 Å². The van der Waals surface area contributed by atoms with Crippen molar-refractivity contribution in [3.05, 3.63) is 100 Å². The molecule has 9 heteroatoms. The van der Waals surface area contributed by atoms with Crippen molar-refractivity contribution >= 4 is 51.8 Å². The molecule has 0 aliphatic rings. The highest BCUT2D eigenvalue weighted by Crippen LogP contribution is 2.42. The lowest BCUT2D eigenvalue weighted by molar-refractivity contribution is 0.0696. The largest absolute Gasteiger partial charge is 0.478 e. The Morgan fingerprint density at radius 2 is 1.78 bits per heavy atom. The number of aromatic carboxylic acids is 1. The molecule has 0 unspecified atom stereocenters. The van der Waals surface area contributed by atoms with Gasteiger partial charge in [0.15, 0.2) is 5.82 Å². The van der Waals surface area contributed by atoms with Gasteiger partial charge < -0.3 is 9.67 Å². The Morgan fingerprint density at radius 3 is 2.50 bits per heavy atom. The van der Waals surface area contributed by atoms with Gasteiger partial charge >= 0.3 is 5.97 Å². The second kappa shape index (κ2) is 10.8. The molecule has 5 rings (SSSR count). The van der Waals surface area contributed by atoms with Crippen LogP contribution in [0.2, 0.25) is 10.0 Å². The van der Waals surface area contributed by atoms with E-state index in [2.05, 4.69) is 5.10 Å². The van der Waals surface area contributed by atoms with Gasteiger partial charge in [-0.2, -0.15) is 5.10 Å². The first kappa shape index (κ1) is 25.8. The molecule has 0 aliphatic carbocycles. The van der Waals surface area contributed by atoms with Crippen LogP contribution in [-0.4, -0.2) is 25.4 Å². The van der Waals surface area contributed by atoms with E-state index in [0.717, 1.165) is 21.2 Å². The molecule has 0 spiro atoms. The van der Waals surface area contributed by atoms with Gasteiger partial charge in [0.2, 0.25) is 0 Å². The van der Waals surface area contributed by atoms with Crippen LogP contribution < -0.4 is 0 Å². The quantitative estimate of drug-likeness (QED) is 0.242. The first-order valence-corrected chi connectivity index (χ1v) is 12.7. The number of aromatic nitrogens is 3. The summed E-state index contributed by atoms with van der Waals surface area (Å²) in [5.74, 6) is -1.54. The van der Waals surface area contributed by atoms with Crippen LogP contribution in [0.1, 0.15) is 29.9 Å². The molecule has 5 nitrogen and oxygen atoms in total. The monoisotopic (exact) mass is 541 g/mol. The Balaban J connectivity index is 0.00000148. The molecule has 1 N–H and O–H groups in total. The van der Waals surface area contributed by atoms with E-state index < -0.39 is 11.8 Å². The predicted octanol–water partition coefficient (Wildman–Crippen LogP) is 8.45. The van der Waals surface area contributed by atoms with Crippen molar-refractivity contribution in [1.29, 1.82) is 0 Å². The summed E-state index contributed by atoms with van der Waals surface area (Å²) >= 11 is 13.6. The summed E-state index contributed by atoms with van der Waals surface area (Å²) in [6, 6.07) is 17.2. The minimum Gasteiger partial charge on any atom is -0.478 e. The van der Waals surface area contributed by atoms with E-state index in [9.17, 15) is 9.90 Å². The van der Waals surface area contributed by atoms with Gasteiger partial charge in [0.25, 0.3) is 0 Å². The van der Waals surface area contributed by atoms with Crippen molar-refractivity contribution in [2.75, 3.05) is 0 Å². The summed E-state index contributed by atoms with van der Waals surface area (Å²) < 4.78 is 18.8. The third-order valence-electron chi connectivity index (χ3n) is 5.40. The van der Waals surface area contributed by atoms with Crippen molar-refractivity contribution in [2.45, 2.75) is 30.6 Å². The summed E-state index contributed by atoms with van der Waals surface area (Å²) in [7, 11) is 0. The SMILES string of the molecule is CC.Cc1c(Sc2cccc(C(=O)O)c2)c2ccc(Cl)c(F)c2n1-c1cnn(-c2cccc(Cl)c2)c1. The molecule has 184 valence electrons. The highest BCUT2D eigenvalue weighted by Gasteiger charge is 2.22. The second-order valence-corrected chi connectivity index (χ2v) is 9.49. The number of fused-ring (bicyclic) bond motifs is 1. The fourth-order valence-corrected chi connectivity index (χ4v) is 5.28. The van der Waals surface area contributed by atoms with E-state index in [1.807, 2.05) is 39.0 Å². The summed E-state index contributed by atoms with van der Waals surface area (Å²) in [5.41, 5.74) is 2.70. The maximum absolute atomic E-state index is 15.3.